The molecule has 2 aliphatic rings. The van der Waals surface area contributed by atoms with Crippen molar-refractivity contribution in [2.75, 3.05) is 32.7 Å². The van der Waals surface area contributed by atoms with E-state index in [0.29, 0.717) is 32.1 Å². The largest absolute Gasteiger partial charge is 0.341 e. The molecule has 0 saturated carbocycles. The third kappa shape index (κ3) is 5.75. The molecule has 42 heavy (non-hydrogen) atoms. The quantitative estimate of drug-likeness (QED) is 0.291. The van der Waals surface area contributed by atoms with Crippen molar-refractivity contribution in [3.05, 3.63) is 144 Å². The van der Waals surface area contributed by atoms with Gasteiger partial charge in [0, 0.05) is 38.1 Å². The second-order valence-corrected chi connectivity index (χ2v) is 11.6. The maximum atomic E-state index is 14.0. The Hall–Kier alpha value is -4.22. The summed E-state index contributed by atoms with van der Waals surface area (Å²) in [5.74, 6) is 0.352. The van der Waals surface area contributed by atoms with E-state index >= 15 is 0 Å². The molecule has 0 spiro atoms. The average molecular weight is 558 g/mol. The van der Waals surface area contributed by atoms with Crippen molar-refractivity contribution in [2.24, 2.45) is 0 Å². The molecular weight excluding hydrogens is 518 g/mol. The van der Waals surface area contributed by atoms with E-state index in [4.69, 9.17) is 0 Å². The van der Waals surface area contributed by atoms with Crippen LogP contribution in [0.4, 0.5) is 0 Å². The topological polar surface area (TPSA) is 52.7 Å². The van der Waals surface area contributed by atoms with Gasteiger partial charge in [-0.2, -0.15) is 0 Å². The summed E-state index contributed by atoms with van der Waals surface area (Å²) in [6.07, 6.45) is 2.49. The highest BCUT2D eigenvalue weighted by molar-refractivity contribution is 5.96. The molecule has 6 rings (SSSR count). The SMILES string of the molecule is O=C(CN1CCC(c2ccccc2)(c2ccccc2)C1=O)N1CCC(NCC(c2ccccc2)c2ccccc2)CC1. The summed E-state index contributed by atoms with van der Waals surface area (Å²) in [6.45, 7) is 3.00. The number of piperidine rings is 1. The molecule has 0 unspecified atom stereocenters. The fraction of sp³-hybridized carbons (Fsp3) is 0.297. The van der Waals surface area contributed by atoms with Gasteiger partial charge in [0.15, 0.2) is 0 Å². The summed E-state index contributed by atoms with van der Waals surface area (Å²) < 4.78 is 0. The second-order valence-electron chi connectivity index (χ2n) is 11.6. The number of likely N-dealkylation sites (tertiary alicyclic amines) is 2. The first-order valence-electron chi connectivity index (χ1n) is 15.2. The van der Waals surface area contributed by atoms with Crippen molar-refractivity contribution < 1.29 is 9.59 Å². The molecule has 4 aromatic rings. The highest BCUT2D eigenvalue weighted by Crippen LogP contribution is 2.42. The van der Waals surface area contributed by atoms with E-state index in [1.807, 2.05) is 65.6 Å². The Balaban J connectivity index is 1.06. The van der Waals surface area contributed by atoms with Crippen LogP contribution in [0.25, 0.3) is 0 Å². The van der Waals surface area contributed by atoms with Gasteiger partial charge in [0.2, 0.25) is 11.8 Å². The summed E-state index contributed by atoms with van der Waals surface area (Å²) in [6, 6.07) is 41.7. The van der Waals surface area contributed by atoms with Crippen LogP contribution in [0.1, 0.15) is 47.4 Å². The molecule has 0 atom stereocenters. The van der Waals surface area contributed by atoms with Crippen LogP contribution in [-0.4, -0.2) is 60.4 Å². The van der Waals surface area contributed by atoms with E-state index in [1.54, 1.807) is 4.90 Å². The van der Waals surface area contributed by atoms with Crippen LogP contribution in [0.2, 0.25) is 0 Å². The molecule has 214 valence electrons. The fourth-order valence-electron chi connectivity index (χ4n) is 6.76. The van der Waals surface area contributed by atoms with Gasteiger partial charge in [-0.05, 0) is 41.5 Å². The zero-order chi connectivity index (χ0) is 28.8. The van der Waals surface area contributed by atoms with Gasteiger partial charge in [0.25, 0.3) is 0 Å². The molecule has 5 heteroatoms. The normalized spacial score (nSPS) is 17.1. The van der Waals surface area contributed by atoms with Crippen LogP contribution in [0.3, 0.4) is 0 Å². The number of nitrogens with zero attached hydrogens (tertiary/aromatic N) is 2. The van der Waals surface area contributed by atoms with Gasteiger partial charge in [0.1, 0.15) is 5.41 Å². The Morgan fingerprint density at radius 3 is 1.69 bits per heavy atom. The minimum absolute atomic E-state index is 0.0256. The van der Waals surface area contributed by atoms with E-state index in [2.05, 4.69) is 66.0 Å². The molecule has 2 amide bonds. The van der Waals surface area contributed by atoms with E-state index in [9.17, 15) is 9.59 Å². The molecule has 0 aromatic heterocycles. The van der Waals surface area contributed by atoms with Crippen LogP contribution in [0, 0.1) is 0 Å². The summed E-state index contributed by atoms with van der Waals surface area (Å²) in [4.78, 5) is 31.2. The number of benzene rings is 4. The van der Waals surface area contributed by atoms with Crippen molar-refractivity contribution in [3.63, 3.8) is 0 Å². The van der Waals surface area contributed by atoms with Gasteiger partial charge in [-0.3, -0.25) is 9.59 Å². The van der Waals surface area contributed by atoms with E-state index < -0.39 is 5.41 Å². The smallest absolute Gasteiger partial charge is 0.242 e. The zero-order valence-corrected chi connectivity index (χ0v) is 24.1. The van der Waals surface area contributed by atoms with Crippen LogP contribution in [0.15, 0.2) is 121 Å². The van der Waals surface area contributed by atoms with Crippen molar-refractivity contribution >= 4 is 11.8 Å². The minimum Gasteiger partial charge on any atom is -0.341 e. The lowest BCUT2D eigenvalue weighted by atomic mass is 9.73. The average Bonchev–Trinajstić information content (AvgIpc) is 3.39. The Labute approximate surface area is 249 Å². The monoisotopic (exact) mass is 557 g/mol. The van der Waals surface area contributed by atoms with Crippen molar-refractivity contribution in [1.82, 2.24) is 15.1 Å². The first-order valence-corrected chi connectivity index (χ1v) is 15.2. The summed E-state index contributed by atoms with van der Waals surface area (Å²) in [7, 11) is 0. The fourth-order valence-corrected chi connectivity index (χ4v) is 6.76. The number of amides is 2. The third-order valence-corrected chi connectivity index (χ3v) is 9.13. The molecule has 1 N–H and O–H groups in total. The molecule has 4 aromatic carbocycles. The molecule has 2 fully saturated rings. The first kappa shape index (κ1) is 27.9. The number of nitrogens with one attached hydrogen (secondary N) is 1. The van der Waals surface area contributed by atoms with Crippen molar-refractivity contribution in [3.8, 4) is 0 Å². The van der Waals surface area contributed by atoms with Crippen molar-refractivity contribution in [1.29, 1.82) is 0 Å². The Morgan fingerprint density at radius 2 is 1.19 bits per heavy atom. The minimum atomic E-state index is -0.742. The Bertz CT molecular complexity index is 1370. The van der Waals surface area contributed by atoms with Crippen molar-refractivity contribution in [2.45, 2.75) is 36.6 Å². The van der Waals surface area contributed by atoms with Crippen LogP contribution < -0.4 is 5.32 Å². The second kappa shape index (κ2) is 12.7. The van der Waals surface area contributed by atoms with Gasteiger partial charge in [0.05, 0.1) is 6.54 Å². The molecule has 2 aliphatic heterocycles. The number of hydrogen-bond donors (Lipinski definition) is 1. The standard InChI is InChI=1S/C37H39N3O2/c41-35(28-40-26-23-37(36(40)42,31-17-9-3-10-18-31)32-19-11-4-12-20-32)39-24-21-33(22-25-39)38-27-34(29-13-5-1-6-14-29)30-15-7-2-8-16-30/h1-20,33-34,38H,21-28H2. The predicted molar refractivity (Wildman–Crippen MR) is 167 cm³/mol. The number of rotatable bonds is 9. The maximum Gasteiger partial charge on any atom is 0.242 e. The summed E-state index contributed by atoms with van der Waals surface area (Å²) in [5.41, 5.74) is 3.86. The molecule has 5 nitrogen and oxygen atoms in total. The van der Waals surface area contributed by atoms with Gasteiger partial charge in [-0.1, -0.05) is 121 Å². The summed E-state index contributed by atoms with van der Waals surface area (Å²) in [5, 5.41) is 3.80. The zero-order valence-electron chi connectivity index (χ0n) is 24.1. The van der Waals surface area contributed by atoms with Gasteiger partial charge >= 0.3 is 0 Å². The maximum absolute atomic E-state index is 14.0. The van der Waals surface area contributed by atoms with Gasteiger partial charge in [-0.15, -0.1) is 0 Å². The highest BCUT2D eigenvalue weighted by Gasteiger charge is 2.49. The number of carbonyl (C=O) groups excluding carboxylic acids is 2. The summed E-state index contributed by atoms with van der Waals surface area (Å²) >= 11 is 0. The van der Waals surface area contributed by atoms with Crippen LogP contribution >= 0.6 is 0 Å². The third-order valence-electron chi connectivity index (χ3n) is 9.13. The lowest BCUT2D eigenvalue weighted by Gasteiger charge is -2.34. The molecule has 2 heterocycles. The van der Waals surface area contributed by atoms with Crippen LogP contribution in [0.5, 0.6) is 0 Å². The molecule has 0 radical (unpaired) electrons. The predicted octanol–water partition coefficient (Wildman–Crippen LogP) is 5.62. The lowest BCUT2D eigenvalue weighted by Crippen LogP contribution is -2.49. The van der Waals surface area contributed by atoms with E-state index in [0.717, 1.165) is 30.5 Å². The first-order chi connectivity index (χ1) is 20.6. The molecule has 0 bridgehead atoms. The Morgan fingerprint density at radius 1 is 0.714 bits per heavy atom. The molecule has 2 saturated heterocycles. The Kier molecular flexibility index (Phi) is 8.47. The van der Waals surface area contributed by atoms with Gasteiger partial charge < -0.3 is 15.1 Å². The number of carbonyl (C=O) groups is 2. The molecule has 0 aliphatic carbocycles. The number of hydrogen-bond acceptors (Lipinski definition) is 3. The highest BCUT2D eigenvalue weighted by atomic mass is 16.2. The van der Waals surface area contributed by atoms with E-state index in [1.165, 1.54) is 11.1 Å². The van der Waals surface area contributed by atoms with Crippen LogP contribution in [-0.2, 0) is 15.0 Å². The van der Waals surface area contributed by atoms with Gasteiger partial charge in [-0.25, -0.2) is 0 Å². The van der Waals surface area contributed by atoms with E-state index in [-0.39, 0.29) is 24.3 Å². The molecular formula is C37H39N3O2. The lowest BCUT2D eigenvalue weighted by molar-refractivity contribution is -0.140.